The Morgan fingerprint density at radius 1 is 1.03 bits per heavy atom. The van der Waals surface area contributed by atoms with Gasteiger partial charge in [0.2, 0.25) is 15.9 Å². The second-order valence-corrected chi connectivity index (χ2v) is 10.4. The summed E-state index contributed by atoms with van der Waals surface area (Å²) in [5.41, 5.74) is 1.12. The maximum atomic E-state index is 13.0. The highest BCUT2D eigenvalue weighted by Gasteiger charge is 2.39. The van der Waals surface area contributed by atoms with Gasteiger partial charge < -0.3 is 10.0 Å². The van der Waals surface area contributed by atoms with Gasteiger partial charge in [-0.2, -0.15) is 4.31 Å². The SMILES string of the molecule is CC[C@@H](C)c1ccc(S(=O)(=O)N2CCN(C(=O)[C@@H]3CCCC[C@@H]3C(=O)O)CC2)cc1. The van der Waals surface area contributed by atoms with Gasteiger partial charge in [0.1, 0.15) is 0 Å². The zero-order valence-electron chi connectivity index (χ0n) is 17.8. The van der Waals surface area contributed by atoms with Gasteiger partial charge in [-0.1, -0.05) is 38.8 Å². The molecule has 166 valence electrons. The summed E-state index contributed by atoms with van der Waals surface area (Å²) in [6.45, 7) is 5.26. The fraction of sp³-hybridized carbons (Fsp3) is 0.636. The Bertz CT molecular complexity index is 860. The van der Waals surface area contributed by atoms with Gasteiger partial charge in [0, 0.05) is 26.2 Å². The summed E-state index contributed by atoms with van der Waals surface area (Å²) < 4.78 is 27.4. The molecule has 0 radical (unpaired) electrons. The van der Waals surface area contributed by atoms with E-state index in [1.165, 1.54) is 4.31 Å². The smallest absolute Gasteiger partial charge is 0.307 e. The van der Waals surface area contributed by atoms with Gasteiger partial charge in [0.05, 0.1) is 16.7 Å². The summed E-state index contributed by atoms with van der Waals surface area (Å²) in [6.07, 6.45) is 3.82. The molecule has 30 heavy (non-hydrogen) atoms. The van der Waals surface area contributed by atoms with Crippen LogP contribution in [0.4, 0.5) is 0 Å². The number of aliphatic carboxylic acids is 1. The van der Waals surface area contributed by atoms with Crippen LogP contribution in [-0.4, -0.2) is 60.8 Å². The molecule has 1 aromatic rings. The molecule has 1 amide bonds. The van der Waals surface area contributed by atoms with Crippen LogP contribution in [-0.2, 0) is 19.6 Å². The third-order valence-electron chi connectivity index (χ3n) is 6.65. The molecule has 8 heteroatoms. The van der Waals surface area contributed by atoms with Crippen LogP contribution >= 0.6 is 0 Å². The molecule has 0 aromatic heterocycles. The molecule has 2 fully saturated rings. The molecule has 1 N–H and O–H groups in total. The Hall–Kier alpha value is -1.93. The number of carbonyl (C=O) groups is 2. The highest BCUT2D eigenvalue weighted by molar-refractivity contribution is 7.89. The van der Waals surface area contributed by atoms with Crippen molar-refractivity contribution in [3.8, 4) is 0 Å². The molecule has 1 heterocycles. The van der Waals surface area contributed by atoms with Crippen molar-refractivity contribution in [2.24, 2.45) is 11.8 Å². The zero-order chi connectivity index (χ0) is 21.9. The first kappa shape index (κ1) is 22.7. The Morgan fingerprint density at radius 2 is 1.60 bits per heavy atom. The average molecular weight is 437 g/mol. The summed E-state index contributed by atoms with van der Waals surface area (Å²) in [6, 6.07) is 7.06. The Labute approximate surface area is 179 Å². The molecule has 0 spiro atoms. The van der Waals surface area contributed by atoms with Gasteiger partial charge >= 0.3 is 5.97 Å². The molecular formula is C22H32N2O5S. The lowest BCUT2D eigenvalue weighted by atomic mass is 9.78. The summed E-state index contributed by atoms with van der Waals surface area (Å²) in [5, 5.41) is 9.44. The average Bonchev–Trinajstić information content (AvgIpc) is 2.78. The number of hydrogen-bond donors (Lipinski definition) is 1. The molecule has 0 bridgehead atoms. The van der Waals surface area contributed by atoms with Gasteiger partial charge in [0.25, 0.3) is 0 Å². The van der Waals surface area contributed by atoms with E-state index in [0.717, 1.165) is 24.8 Å². The number of rotatable bonds is 6. The third kappa shape index (κ3) is 4.70. The molecule has 1 aliphatic carbocycles. The number of sulfonamides is 1. The van der Waals surface area contributed by atoms with Crippen LogP contribution in [0.2, 0.25) is 0 Å². The number of carboxylic acids is 1. The quantitative estimate of drug-likeness (QED) is 0.740. The van der Waals surface area contributed by atoms with E-state index >= 15 is 0 Å². The van der Waals surface area contributed by atoms with E-state index in [0.29, 0.717) is 31.8 Å². The number of hydrogen-bond acceptors (Lipinski definition) is 4. The number of carboxylic acid groups (broad SMARTS) is 1. The van der Waals surface area contributed by atoms with Gasteiger partial charge in [-0.3, -0.25) is 9.59 Å². The summed E-state index contributed by atoms with van der Waals surface area (Å²) in [7, 11) is -3.61. The van der Waals surface area contributed by atoms with Gasteiger partial charge in [0.15, 0.2) is 0 Å². The Kier molecular flexibility index (Phi) is 7.18. The van der Waals surface area contributed by atoms with E-state index in [4.69, 9.17) is 0 Å². The van der Waals surface area contributed by atoms with E-state index < -0.39 is 27.8 Å². The number of piperazine rings is 1. The maximum Gasteiger partial charge on any atom is 0.307 e. The maximum absolute atomic E-state index is 13.0. The van der Waals surface area contributed by atoms with Crippen molar-refractivity contribution in [1.82, 2.24) is 9.21 Å². The number of amides is 1. The highest BCUT2D eigenvalue weighted by Crippen LogP contribution is 2.32. The predicted octanol–water partition coefficient (Wildman–Crippen LogP) is 2.92. The number of nitrogens with zero attached hydrogens (tertiary/aromatic N) is 2. The van der Waals surface area contributed by atoms with Crippen LogP contribution in [0.25, 0.3) is 0 Å². The van der Waals surface area contributed by atoms with Gasteiger partial charge in [-0.15, -0.1) is 0 Å². The van der Waals surface area contributed by atoms with Crippen LogP contribution < -0.4 is 0 Å². The first-order chi connectivity index (χ1) is 14.3. The summed E-state index contributed by atoms with van der Waals surface area (Å²) >= 11 is 0. The van der Waals surface area contributed by atoms with E-state index in [1.807, 2.05) is 12.1 Å². The summed E-state index contributed by atoms with van der Waals surface area (Å²) in [5.74, 6) is -1.79. The van der Waals surface area contributed by atoms with Crippen LogP contribution in [0.15, 0.2) is 29.2 Å². The number of carbonyl (C=O) groups excluding carboxylic acids is 1. The molecule has 1 aromatic carbocycles. The van der Waals surface area contributed by atoms with Crippen LogP contribution in [0.3, 0.4) is 0 Å². The molecule has 3 atom stereocenters. The first-order valence-corrected chi connectivity index (χ1v) is 12.3. The molecule has 1 saturated carbocycles. The predicted molar refractivity (Wildman–Crippen MR) is 114 cm³/mol. The van der Waals surface area contributed by atoms with E-state index in [9.17, 15) is 23.1 Å². The van der Waals surface area contributed by atoms with Crippen LogP contribution in [0.5, 0.6) is 0 Å². The molecule has 7 nitrogen and oxygen atoms in total. The van der Waals surface area contributed by atoms with Crippen molar-refractivity contribution < 1.29 is 23.1 Å². The van der Waals surface area contributed by atoms with Crippen LogP contribution in [0.1, 0.15) is 57.4 Å². The summed E-state index contributed by atoms with van der Waals surface area (Å²) in [4.78, 5) is 26.4. The fourth-order valence-electron chi connectivity index (χ4n) is 4.46. The van der Waals surface area contributed by atoms with Crippen molar-refractivity contribution in [2.75, 3.05) is 26.2 Å². The molecule has 2 aliphatic rings. The van der Waals surface area contributed by atoms with Crippen molar-refractivity contribution in [1.29, 1.82) is 0 Å². The minimum Gasteiger partial charge on any atom is -0.481 e. The first-order valence-electron chi connectivity index (χ1n) is 10.9. The van der Waals surface area contributed by atoms with Crippen LogP contribution in [0, 0.1) is 11.8 Å². The minimum absolute atomic E-state index is 0.142. The van der Waals surface area contributed by atoms with E-state index in [1.54, 1.807) is 17.0 Å². The second kappa shape index (κ2) is 9.47. The molecule has 1 saturated heterocycles. The number of benzene rings is 1. The van der Waals surface area contributed by atoms with Gasteiger partial charge in [-0.25, -0.2) is 8.42 Å². The second-order valence-electron chi connectivity index (χ2n) is 8.44. The largest absolute Gasteiger partial charge is 0.481 e. The zero-order valence-corrected chi connectivity index (χ0v) is 18.6. The minimum atomic E-state index is -3.61. The molecule has 3 rings (SSSR count). The van der Waals surface area contributed by atoms with E-state index in [2.05, 4.69) is 13.8 Å². The Morgan fingerprint density at radius 3 is 2.13 bits per heavy atom. The molecule has 0 unspecified atom stereocenters. The van der Waals surface area contributed by atoms with Crippen molar-refractivity contribution >= 4 is 21.9 Å². The molecular weight excluding hydrogens is 404 g/mol. The lowest BCUT2D eigenvalue weighted by Crippen LogP contribution is -2.53. The normalized spacial score (nSPS) is 24.4. The Balaban J connectivity index is 1.64. The van der Waals surface area contributed by atoms with Crippen molar-refractivity contribution in [3.63, 3.8) is 0 Å². The topological polar surface area (TPSA) is 95.0 Å². The highest BCUT2D eigenvalue weighted by atomic mass is 32.2. The van der Waals surface area contributed by atoms with Crippen molar-refractivity contribution in [2.45, 2.75) is 56.8 Å². The monoisotopic (exact) mass is 436 g/mol. The van der Waals surface area contributed by atoms with Crippen molar-refractivity contribution in [3.05, 3.63) is 29.8 Å². The standard InChI is InChI=1S/C22H32N2O5S/c1-3-16(2)17-8-10-18(11-9-17)30(28,29)24-14-12-23(13-15-24)21(25)19-6-4-5-7-20(19)22(26)27/h8-11,16,19-20H,3-7,12-15H2,1-2H3,(H,26,27)/t16-,19-,20+/m1/s1. The van der Waals surface area contributed by atoms with E-state index in [-0.39, 0.29) is 23.9 Å². The fourth-order valence-corrected chi connectivity index (χ4v) is 5.88. The third-order valence-corrected chi connectivity index (χ3v) is 8.56. The molecule has 1 aliphatic heterocycles. The lowest BCUT2D eigenvalue weighted by molar-refractivity contribution is -0.152. The lowest BCUT2D eigenvalue weighted by Gasteiger charge is -2.38. The van der Waals surface area contributed by atoms with Gasteiger partial charge in [-0.05, 0) is 42.9 Å².